The van der Waals surface area contributed by atoms with Crippen molar-refractivity contribution in [1.82, 2.24) is 14.9 Å². The fourth-order valence-electron chi connectivity index (χ4n) is 1.87. The van der Waals surface area contributed by atoms with Crippen LogP contribution in [0.25, 0.3) is 6.08 Å². The Morgan fingerprint density at radius 3 is 2.67 bits per heavy atom. The largest absolute Gasteiger partial charge is 0.329 e. The number of nitrogens with zero attached hydrogens (tertiary/aromatic N) is 2. The highest BCUT2D eigenvalue weighted by Gasteiger charge is 2.04. The first-order valence-corrected chi connectivity index (χ1v) is 6.96. The Balaban J connectivity index is 2.68. The molecule has 0 atom stereocenters. The highest BCUT2D eigenvalue weighted by atomic mass is 15.1. The fourth-order valence-corrected chi connectivity index (χ4v) is 1.87. The zero-order chi connectivity index (χ0) is 13.5. The van der Waals surface area contributed by atoms with Gasteiger partial charge in [0.15, 0.2) is 0 Å². The van der Waals surface area contributed by atoms with Gasteiger partial charge in [0.1, 0.15) is 0 Å². The van der Waals surface area contributed by atoms with Crippen molar-refractivity contribution in [1.29, 1.82) is 0 Å². The van der Waals surface area contributed by atoms with E-state index in [0.717, 1.165) is 19.5 Å². The molecule has 0 unspecified atom stereocenters. The van der Waals surface area contributed by atoms with E-state index >= 15 is 0 Å². The van der Waals surface area contributed by atoms with Crippen LogP contribution in [0.15, 0.2) is 18.1 Å². The van der Waals surface area contributed by atoms with Crippen molar-refractivity contribution in [2.24, 2.45) is 5.92 Å². The van der Waals surface area contributed by atoms with Crippen LogP contribution in [-0.2, 0) is 0 Å². The van der Waals surface area contributed by atoms with Gasteiger partial charge in [-0.05, 0) is 38.8 Å². The third kappa shape index (κ3) is 4.65. The van der Waals surface area contributed by atoms with Gasteiger partial charge >= 0.3 is 0 Å². The number of hydrogen-bond acceptors (Lipinski definition) is 2. The Hall–Kier alpha value is -1.09. The zero-order valence-corrected chi connectivity index (χ0v) is 12.4. The topological polar surface area (TPSA) is 29.9 Å². The number of imidazole rings is 1. The van der Waals surface area contributed by atoms with Crippen molar-refractivity contribution in [2.45, 2.75) is 47.1 Å². The lowest BCUT2D eigenvalue weighted by atomic mass is 10.1. The third-order valence-electron chi connectivity index (χ3n) is 2.96. The molecule has 0 saturated heterocycles. The van der Waals surface area contributed by atoms with Crippen LogP contribution >= 0.6 is 0 Å². The standard InChI is InChI=1S/C15H27N3/c1-6-14(9-16-8-12(2)3)7-15-10-17-11-18(15)13(4)5/h7,10-13,16H,6,8-9H2,1-5H3. The molecule has 1 rings (SSSR count). The summed E-state index contributed by atoms with van der Waals surface area (Å²) in [5, 5.41) is 3.50. The second-order valence-corrected chi connectivity index (χ2v) is 5.50. The lowest BCUT2D eigenvalue weighted by molar-refractivity contribution is 0.568. The van der Waals surface area contributed by atoms with E-state index in [-0.39, 0.29) is 0 Å². The summed E-state index contributed by atoms with van der Waals surface area (Å²) in [5.41, 5.74) is 2.63. The van der Waals surface area contributed by atoms with Crippen molar-refractivity contribution in [2.75, 3.05) is 13.1 Å². The number of aromatic nitrogens is 2. The van der Waals surface area contributed by atoms with E-state index in [1.54, 1.807) is 0 Å². The van der Waals surface area contributed by atoms with Gasteiger partial charge in [0, 0.05) is 12.6 Å². The van der Waals surface area contributed by atoms with Crippen LogP contribution < -0.4 is 5.32 Å². The minimum absolute atomic E-state index is 0.459. The molecule has 0 aliphatic heterocycles. The highest BCUT2D eigenvalue weighted by Crippen LogP contribution is 2.13. The molecule has 3 nitrogen and oxygen atoms in total. The van der Waals surface area contributed by atoms with E-state index in [1.165, 1.54) is 11.3 Å². The first kappa shape index (κ1) is 15.0. The summed E-state index contributed by atoms with van der Waals surface area (Å²) >= 11 is 0. The van der Waals surface area contributed by atoms with E-state index in [0.29, 0.717) is 12.0 Å². The average Bonchev–Trinajstić information content (AvgIpc) is 2.75. The van der Waals surface area contributed by atoms with Crippen molar-refractivity contribution in [3.63, 3.8) is 0 Å². The first-order chi connectivity index (χ1) is 8.54. The zero-order valence-electron chi connectivity index (χ0n) is 12.4. The van der Waals surface area contributed by atoms with Crippen LogP contribution in [0.4, 0.5) is 0 Å². The Kier molecular flexibility index (Phi) is 6.13. The maximum absolute atomic E-state index is 4.24. The highest BCUT2D eigenvalue weighted by molar-refractivity contribution is 5.49. The van der Waals surface area contributed by atoms with Crippen LogP contribution in [0, 0.1) is 5.92 Å². The molecule has 0 aliphatic rings. The van der Waals surface area contributed by atoms with Crippen molar-refractivity contribution >= 4 is 6.08 Å². The normalized spacial score (nSPS) is 12.7. The second-order valence-electron chi connectivity index (χ2n) is 5.50. The van der Waals surface area contributed by atoms with Crippen molar-refractivity contribution < 1.29 is 0 Å². The first-order valence-electron chi connectivity index (χ1n) is 6.96. The predicted octanol–water partition coefficient (Wildman–Crippen LogP) is 3.50. The minimum atomic E-state index is 0.459. The molecular formula is C15H27N3. The van der Waals surface area contributed by atoms with Crippen LogP contribution in [0.2, 0.25) is 0 Å². The quantitative estimate of drug-likeness (QED) is 0.801. The van der Waals surface area contributed by atoms with E-state index in [1.807, 2.05) is 12.5 Å². The average molecular weight is 249 g/mol. The summed E-state index contributed by atoms with van der Waals surface area (Å²) < 4.78 is 2.21. The van der Waals surface area contributed by atoms with E-state index < -0.39 is 0 Å². The van der Waals surface area contributed by atoms with Crippen LogP contribution in [0.3, 0.4) is 0 Å². The van der Waals surface area contributed by atoms with Crippen LogP contribution in [-0.4, -0.2) is 22.6 Å². The number of hydrogen-bond donors (Lipinski definition) is 1. The number of rotatable bonds is 7. The van der Waals surface area contributed by atoms with Gasteiger partial charge in [-0.2, -0.15) is 0 Å². The Morgan fingerprint density at radius 1 is 1.39 bits per heavy atom. The van der Waals surface area contributed by atoms with Crippen molar-refractivity contribution in [3.8, 4) is 0 Å². The summed E-state index contributed by atoms with van der Waals surface area (Å²) in [6, 6.07) is 0.459. The molecule has 0 spiro atoms. The molecule has 0 aliphatic carbocycles. The van der Waals surface area contributed by atoms with Gasteiger partial charge in [0.2, 0.25) is 0 Å². The maximum Gasteiger partial charge on any atom is 0.0953 e. The minimum Gasteiger partial charge on any atom is -0.329 e. The molecule has 3 heteroatoms. The van der Waals surface area contributed by atoms with Gasteiger partial charge in [0.05, 0.1) is 18.2 Å². The summed E-state index contributed by atoms with van der Waals surface area (Å²) in [4.78, 5) is 4.24. The molecule has 0 amide bonds. The summed E-state index contributed by atoms with van der Waals surface area (Å²) in [6.45, 7) is 13.1. The van der Waals surface area contributed by atoms with E-state index in [4.69, 9.17) is 0 Å². The Labute approximate surface area is 111 Å². The Bertz CT molecular complexity index is 375. The van der Waals surface area contributed by atoms with E-state index in [9.17, 15) is 0 Å². The smallest absolute Gasteiger partial charge is 0.0953 e. The summed E-state index contributed by atoms with van der Waals surface area (Å²) in [7, 11) is 0. The van der Waals surface area contributed by atoms with E-state index in [2.05, 4.69) is 55.6 Å². The lowest BCUT2D eigenvalue weighted by Gasteiger charge is -2.12. The molecular weight excluding hydrogens is 222 g/mol. The molecule has 1 aromatic heterocycles. The molecule has 0 fully saturated rings. The lowest BCUT2D eigenvalue weighted by Crippen LogP contribution is -2.22. The number of nitrogens with one attached hydrogen (secondary N) is 1. The third-order valence-corrected chi connectivity index (χ3v) is 2.96. The monoisotopic (exact) mass is 249 g/mol. The predicted molar refractivity (Wildman–Crippen MR) is 78.6 cm³/mol. The van der Waals surface area contributed by atoms with Gasteiger partial charge in [-0.15, -0.1) is 0 Å². The van der Waals surface area contributed by atoms with Gasteiger partial charge in [-0.3, -0.25) is 0 Å². The molecule has 0 radical (unpaired) electrons. The van der Waals surface area contributed by atoms with Crippen LogP contribution in [0.1, 0.15) is 52.8 Å². The van der Waals surface area contributed by atoms with Gasteiger partial charge in [-0.25, -0.2) is 4.98 Å². The fraction of sp³-hybridized carbons (Fsp3) is 0.667. The van der Waals surface area contributed by atoms with Gasteiger partial charge in [-0.1, -0.05) is 26.3 Å². The Morgan fingerprint density at radius 2 is 2.11 bits per heavy atom. The molecule has 1 heterocycles. The second kappa shape index (κ2) is 7.37. The molecule has 1 N–H and O–H groups in total. The van der Waals surface area contributed by atoms with Gasteiger partial charge < -0.3 is 9.88 Å². The van der Waals surface area contributed by atoms with Crippen molar-refractivity contribution in [3.05, 3.63) is 23.8 Å². The molecule has 102 valence electrons. The summed E-state index contributed by atoms with van der Waals surface area (Å²) in [6.07, 6.45) is 7.19. The SMILES string of the molecule is CCC(=Cc1cncn1C(C)C)CNCC(C)C. The molecule has 1 aromatic rings. The summed E-state index contributed by atoms with van der Waals surface area (Å²) in [5.74, 6) is 0.698. The molecule has 0 aromatic carbocycles. The molecule has 0 saturated carbocycles. The molecule has 0 bridgehead atoms. The van der Waals surface area contributed by atoms with Gasteiger partial charge in [0.25, 0.3) is 0 Å². The maximum atomic E-state index is 4.24. The van der Waals surface area contributed by atoms with Crippen LogP contribution in [0.5, 0.6) is 0 Å². The molecule has 18 heavy (non-hydrogen) atoms.